The molecule has 0 aromatic carbocycles. The topological polar surface area (TPSA) is 42.0 Å². The second-order valence-electron chi connectivity index (χ2n) is 1.91. The third-order valence-corrected chi connectivity index (χ3v) is 2.10. The Labute approximate surface area is 63.1 Å². The van der Waals surface area contributed by atoms with Gasteiger partial charge in [-0.15, -0.1) is 11.3 Å². The molecule has 3 nitrogen and oxygen atoms in total. The Morgan fingerprint density at radius 2 is 2.30 bits per heavy atom. The van der Waals surface area contributed by atoms with Gasteiger partial charge in [0.15, 0.2) is 0 Å². The minimum absolute atomic E-state index is 0.667. The van der Waals surface area contributed by atoms with Crippen molar-refractivity contribution in [1.82, 2.24) is 4.98 Å². The Morgan fingerprint density at radius 3 is 2.70 bits per heavy atom. The van der Waals surface area contributed by atoms with Gasteiger partial charge in [-0.2, -0.15) is 0 Å². The van der Waals surface area contributed by atoms with E-state index in [0.717, 1.165) is 15.7 Å². The summed E-state index contributed by atoms with van der Waals surface area (Å²) in [5.74, 6) is 0. The molecule has 4 heteroatoms. The standard InChI is InChI=1S/C6H8N2OS/c1-4-6(7-3-9)10-5(2)8-4/h3H,1-2H3,(H,7,9). The van der Waals surface area contributed by atoms with Crippen LogP contribution in [0.2, 0.25) is 0 Å². The number of carbonyl (C=O) groups is 1. The molecule has 0 unspecified atom stereocenters. The Balaban J connectivity index is 2.91. The van der Waals surface area contributed by atoms with E-state index >= 15 is 0 Å². The SMILES string of the molecule is Cc1nc(C)c(NC=O)s1. The quantitative estimate of drug-likeness (QED) is 0.656. The highest BCUT2D eigenvalue weighted by molar-refractivity contribution is 7.15. The summed E-state index contributed by atoms with van der Waals surface area (Å²) in [4.78, 5) is 14.1. The number of amides is 1. The van der Waals surface area contributed by atoms with Gasteiger partial charge in [0.25, 0.3) is 0 Å². The largest absolute Gasteiger partial charge is 0.319 e. The van der Waals surface area contributed by atoms with Crippen molar-refractivity contribution in [3.63, 3.8) is 0 Å². The van der Waals surface area contributed by atoms with Crippen LogP contribution < -0.4 is 5.32 Å². The van der Waals surface area contributed by atoms with Gasteiger partial charge in [0.05, 0.1) is 10.7 Å². The minimum Gasteiger partial charge on any atom is -0.319 e. The van der Waals surface area contributed by atoms with Crippen molar-refractivity contribution in [3.8, 4) is 0 Å². The van der Waals surface area contributed by atoms with Crippen LogP contribution in [0.25, 0.3) is 0 Å². The van der Waals surface area contributed by atoms with Gasteiger partial charge in [-0.1, -0.05) is 0 Å². The van der Waals surface area contributed by atoms with Crippen LogP contribution >= 0.6 is 11.3 Å². The molecule has 0 aliphatic carbocycles. The summed E-state index contributed by atoms with van der Waals surface area (Å²) in [7, 11) is 0. The molecule has 1 rings (SSSR count). The van der Waals surface area contributed by atoms with E-state index in [2.05, 4.69) is 10.3 Å². The number of hydrogen-bond donors (Lipinski definition) is 1. The number of hydrogen-bond acceptors (Lipinski definition) is 3. The Kier molecular flexibility index (Phi) is 2.01. The van der Waals surface area contributed by atoms with Crippen molar-refractivity contribution in [2.75, 3.05) is 5.32 Å². The van der Waals surface area contributed by atoms with Crippen LogP contribution in [0.5, 0.6) is 0 Å². The molecule has 10 heavy (non-hydrogen) atoms. The number of aromatic nitrogens is 1. The third kappa shape index (κ3) is 1.33. The van der Waals surface area contributed by atoms with Crippen molar-refractivity contribution < 1.29 is 4.79 Å². The van der Waals surface area contributed by atoms with Gasteiger partial charge in [0, 0.05) is 0 Å². The molecule has 0 saturated heterocycles. The highest BCUT2D eigenvalue weighted by atomic mass is 32.1. The third-order valence-electron chi connectivity index (χ3n) is 1.09. The molecule has 0 aliphatic heterocycles. The molecule has 0 aliphatic rings. The molecule has 1 aromatic rings. The first-order valence-electron chi connectivity index (χ1n) is 2.88. The maximum Gasteiger partial charge on any atom is 0.212 e. The molecule has 0 spiro atoms. The maximum absolute atomic E-state index is 10.0. The molecular weight excluding hydrogens is 148 g/mol. The Morgan fingerprint density at radius 1 is 1.60 bits per heavy atom. The monoisotopic (exact) mass is 156 g/mol. The van der Waals surface area contributed by atoms with E-state index in [1.54, 1.807) is 0 Å². The second-order valence-corrected chi connectivity index (χ2v) is 3.11. The fourth-order valence-electron chi connectivity index (χ4n) is 0.719. The number of rotatable bonds is 2. The van der Waals surface area contributed by atoms with E-state index in [-0.39, 0.29) is 0 Å². The van der Waals surface area contributed by atoms with E-state index in [0.29, 0.717) is 6.41 Å². The van der Waals surface area contributed by atoms with E-state index in [1.165, 1.54) is 11.3 Å². The van der Waals surface area contributed by atoms with Crippen LogP contribution in [-0.4, -0.2) is 11.4 Å². The molecule has 0 saturated carbocycles. The molecular formula is C6H8N2OS. The number of nitrogens with zero attached hydrogens (tertiary/aromatic N) is 1. The number of anilines is 1. The number of aryl methyl sites for hydroxylation is 2. The lowest BCUT2D eigenvalue weighted by molar-refractivity contribution is -0.105. The predicted molar refractivity (Wildman–Crippen MR) is 41.3 cm³/mol. The lowest BCUT2D eigenvalue weighted by atomic mass is 10.5. The Bertz CT molecular complexity index is 244. The normalized spacial score (nSPS) is 9.40. The number of carbonyl (C=O) groups excluding carboxylic acids is 1. The van der Waals surface area contributed by atoms with Crippen LogP contribution in [0.4, 0.5) is 5.00 Å². The van der Waals surface area contributed by atoms with E-state index in [9.17, 15) is 4.79 Å². The Hall–Kier alpha value is -0.900. The van der Waals surface area contributed by atoms with Crippen molar-refractivity contribution in [2.45, 2.75) is 13.8 Å². The summed E-state index contributed by atoms with van der Waals surface area (Å²) in [5, 5.41) is 4.39. The van der Waals surface area contributed by atoms with Crippen molar-refractivity contribution in [3.05, 3.63) is 10.7 Å². The average Bonchev–Trinajstić information content (AvgIpc) is 2.13. The fourth-order valence-corrected chi connectivity index (χ4v) is 1.50. The predicted octanol–water partition coefficient (Wildman–Crippen LogP) is 1.33. The first-order valence-corrected chi connectivity index (χ1v) is 3.70. The lowest BCUT2D eigenvalue weighted by Crippen LogP contribution is -1.91. The van der Waals surface area contributed by atoms with Crippen molar-refractivity contribution >= 4 is 22.7 Å². The maximum atomic E-state index is 10.0. The first-order chi connectivity index (χ1) is 4.74. The molecule has 0 atom stereocenters. The van der Waals surface area contributed by atoms with Crippen LogP contribution in [0.3, 0.4) is 0 Å². The molecule has 1 amide bonds. The summed E-state index contributed by atoms with van der Waals surface area (Å²) in [6, 6.07) is 0. The molecule has 54 valence electrons. The zero-order valence-electron chi connectivity index (χ0n) is 5.84. The molecule has 0 radical (unpaired) electrons. The van der Waals surface area contributed by atoms with Gasteiger partial charge in [-0.25, -0.2) is 4.98 Å². The van der Waals surface area contributed by atoms with Crippen LogP contribution in [-0.2, 0) is 4.79 Å². The van der Waals surface area contributed by atoms with Crippen LogP contribution in [0, 0.1) is 13.8 Å². The molecule has 1 aromatic heterocycles. The summed E-state index contributed by atoms with van der Waals surface area (Å²) in [6.45, 7) is 3.78. The van der Waals surface area contributed by atoms with E-state index in [4.69, 9.17) is 0 Å². The van der Waals surface area contributed by atoms with Crippen molar-refractivity contribution in [2.24, 2.45) is 0 Å². The second kappa shape index (κ2) is 2.79. The smallest absolute Gasteiger partial charge is 0.212 e. The van der Waals surface area contributed by atoms with Gasteiger partial charge >= 0.3 is 0 Å². The number of nitrogens with one attached hydrogen (secondary N) is 1. The summed E-state index contributed by atoms with van der Waals surface area (Å²) < 4.78 is 0. The molecule has 0 fully saturated rings. The molecule has 1 heterocycles. The van der Waals surface area contributed by atoms with E-state index in [1.807, 2.05) is 13.8 Å². The highest BCUT2D eigenvalue weighted by Crippen LogP contribution is 2.21. The zero-order valence-corrected chi connectivity index (χ0v) is 6.66. The van der Waals surface area contributed by atoms with Gasteiger partial charge in [0.2, 0.25) is 6.41 Å². The minimum atomic E-state index is 0.667. The van der Waals surface area contributed by atoms with E-state index < -0.39 is 0 Å². The zero-order chi connectivity index (χ0) is 7.56. The van der Waals surface area contributed by atoms with Gasteiger partial charge in [-0.3, -0.25) is 4.79 Å². The summed E-state index contributed by atoms with van der Waals surface area (Å²) >= 11 is 1.49. The average molecular weight is 156 g/mol. The highest BCUT2D eigenvalue weighted by Gasteiger charge is 2.01. The van der Waals surface area contributed by atoms with Gasteiger partial charge in [-0.05, 0) is 13.8 Å². The number of thiazole rings is 1. The summed E-state index contributed by atoms with van der Waals surface area (Å²) in [6.07, 6.45) is 0.667. The van der Waals surface area contributed by atoms with Crippen LogP contribution in [0.15, 0.2) is 0 Å². The fraction of sp³-hybridized carbons (Fsp3) is 0.333. The molecule has 0 bridgehead atoms. The summed E-state index contributed by atoms with van der Waals surface area (Å²) in [5.41, 5.74) is 0.884. The van der Waals surface area contributed by atoms with Gasteiger partial charge < -0.3 is 5.32 Å². The molecule has 1 N–H and O–H groups in total. The first kappa shape index (κ1) is 7.21. The van der Waals surface area contributed by atoms with Gasteiger partial charge in [0.1, 0.15) is 5.00 Å². The van der Waals surface area contributed by atoms with Crippen LogP contribution in [0.1, 0.15) is 10.7 Å². The lowest BCUT2D eigenvalue weighted by Gasteiger charge is -1.89. The van der Waals surface area contributed by atoms with Crippen molar-refractivity contribution in [1.29, 1.82) is 0 Å².